The maximum Gasteiger partial charge on any atom is 0.249 e. The first-order chi connectivity index (χ1) is 18.4. The van der Waals surface area contributed by atoms with E-state index in [9.17, 15) is 9.59 Å². The molecule has 9 heteroatoms. The maximum atomic E-state index is 13.8. The Labute approximate surface area is 221 Å². The van der Waals surface area contributed by atoms with Crippen LogP contribution in [0.1, 0.15) is 31.4 Å². The summed E-state index contributed by atoms with van der Waals surface area (Å²) in [5.41, 5.74) is 11.8. The highest BCUT2D eigenvalue weighted by Gasteiger charge is 2.32. The number of benzene rings is 3. The number of nitrogens with zero attached hydrogens (tertiary/aromatic N) is 4. The van der Waals surface area contributed by atoms with Gasteiger partial charge in [-0.05, 0) is 52.3 Å². The quantitative estimate of drug-likeness (QED) is 0.350. The molecular formula is C29H31N7O2. The number of amides is 2. The minimum atomic E-state index is -0.662. The molecule has 4 aromatic rings. The first kappa shape index (κ1) is 25.3. The van der Waals surface area contributed by atoms with Gasteiger partial charge in [-0.25, -0.2) is 0 Å². The standard InChI is InChI=1S/C29H31N7O2/c1-18(2)26(30)28(37)31-24-16-15-21-7-3-6-10-25(21)36(29(24)38)17-19-11-13-20(14-12-19)22-8-4-5-9-23(22)27-32-34-35-33-27/h3-14,18,24,26H,15-17,30H2,1-2H3,(H,31,37)(H,32,33,34,35)/t24-,26-/m1/s1. The van der Waals surface area contributed by atoms with E-state index in [4.69, 9.17) is 5.73 Å². The number of para-hydroxylation sites is 1. The van der Waals surface area contributed by atoms with Crippen molar-refractivity contribution in [3.63, 3.8) is 0 Å². The smallest absolute Gasteiger partial charge is 0.249 e. The van der Waals surface area contributed by atoms with Crippen LogP contribution in [0.3, 0.4) is 0 Å². The third-order valence-corrected chi connectivity index (χ3v) is 7.01. The number of H-pyrrole nitrogens is 1. The zero-order chi connectivity index (χ0) is 26.6. The van der Waals surface area contributed by atoms with Crippen molar-refractivity contribution in [3.05, 3.63) is 83.9 Å². The van der Waals surface area contributed by atoms with Gasteiger partial charge in [0.1, 0.15) is 6.04 Å². The molecule has 1 aliphatic heterocycles. The van der Waals surface area contributed by atoms with Gasteiger partial charge in [0.05, 0.1) is 12.6 Å². The SMILES string of the molecule is CC(C)[C@@H](N)C(=O)N[C@@H]1CCc2ccccc2N(Cc2ccc(-c3ccccc3-c3nn[nH]n3)cc2)C1=O. The average molecular weight is 510 g/mol. The van der Waals surface area contributed by atoms with Gasteiger partial charge >= 0.3 is 0 Å². The number of hydrogen-bond acceptors (Lipinski definition) is 6. The van der Waals surface area contributed by atoms with Crippen LogP contribution in [-0.2, 0) is 22.6 Å². The molecule has 1 aliphatic rings. The molecule has 0 saturated carbocycles. The van der Waals surface area contributed by atoms with Crippen molar-refractivity contribution in [2.75, 3.05) is 4.90 Å². The molecule has 4 N–H and O–H groups in total. The van der Waals surface area contributed by atoms with E-state index in [1.165, 1.54) is 0 Å². The number of aryl methyl sites for hydroxylation is 1. The van der Waals surface area contributed by atoms with Gasteiger partial charge in [-0.2, -0.15) is 5.21 Å². The number of tetrazole rings is 1. The van der Waals surface area contributed by atoms with E-state index in [2.05, 4.69) is 25.9 Å². The number of aromatic nitrogens is 4. The van der Waals surface area contributed by atoms with Crippen molar-refractivity contribution in [2.24, 2.45) is 11.7 Å². The van der Waals surface area contributed by atoms with Crippen LogP contribution in [0, 0.1) is 5.92 Å². The van der Waals surface area contributed by atoms with Crippen LogP contribution in [-0.4, -0.2) is 44.5 Å². The predicted molar refractivity (Wildman–Crippen MR) is 146 cm³/mol. The third-order valence-electron chi connectivity index (χ3n) is 7.01. The zero-order valence-corrected chi connectivity index (χ0v) is 21.5. The fraction of sp³-hybridized carbons (Fsp3) is 0.276. The topological polar surface area (TPSA) is 130 Å². The Balaban J connectivity index is 1.41. The van der Waals surface area contributed by atoms with E-state index in [0.29, 0.717) is 25.2 Å². The summed E-state index contributed by atoms with van der Waals surface area (Å²) in [6.07, 6.45) is 1.21. The third kappa shape index (κ3) is 5.19. The molecule has 3 aromatic carbocycles. The monoisotopic (exact) mass is 509 g/mol. The van der Waals surface area contributed by atoms with Gasteiger partial charge in [0.15, 0.2) is 0 Å². The van der Waals surface area contributed by atoms with Crippen LogP contribution in [0.2, 0.25) is 0 Å². The highest BCUT2D eigenvalue weighted by atomic mass is 16.2. The van der Waals surface area contributed by atoms with Crippen LogP contribution in [0.5, 0.6) is 0 Å². The molecule has 0 radical (unpaired) electrons. The number of carbonyl (C=O) groups is 2. The van der Waals surface area contributed by atoms with E-state index in [-0.39, 0.29) is 17.7 Å². The zero-order valence-electron chi connectivity index (χ0n) is 21.5. The summed E-state index contributed by atoms with van der Waals surface area (Å²) >= 11 is 0. The number of nitrogens with two attached hydrogens (primary N) is 1. The predicted octanol–water partition coefficient (Wildman–Crippen LogP) is 3.48. The molecule has 1 aromatic heterocycles. The highest BCUT2D eigenvalue weighted by molar-refractivity contribution is 6.01. The number of hydrogen-bond donors (Lipinski definition) is 3. The van der Waals surface area contributed by atoms with E-state index >= 15 is 0 Å². The molecule has 0 saturated heterocycles. The van der Waals surface area contributed by atoms with E-state index in [1.54, 1.807) is 4.90 Å². The summed E-state index contributed by atoms with van der Waals surface area (Å²) in [6.45, 7) is 4.17. The second-order valence-corrected chi connectivity index (χ2v) is 9.90. The number of carbonyl (C=O) groups excluding carboxylic acids is 2. The first-order valence-electron chi connectivity index (χ1n) is 12.8. The van der Waals surface area contributed by atoms with Crippen LogP contribution >= 0.6 is 0 Å². The van der Waals surface area contributed by atoms with Gasteiger partial charge < -0.3 is 16.0 Å². The molecule has 2 amide bonds. The highest BCUT2D eigenvalue weighted by Crippen LogP contribution is 2.32. The van der Waals surface area contributed by atoms with Gasteiger partial charge in [0.25, 0.3) is 0 Å². The number of nitrogens with one attached hydrogen (secondary N) is 2. The Hall–Kier alpha value is -4.37. The van der Waals surface area contributed by atoms with Crippen LogP contribution < -0.4 is 16.0 Å². The average Bonchev–Trinajstić information content (AvgIpc) is 3.45. The minimum Gasteiger partial charge on any atom is -0.343 e. The molecule has 2 atom stereocenters. The van der Waals surface area contributed by atoms with E-state index < -0.39 is 12.1 Å². The molecule has 0 spiro atoms. The van der Waals surface area contributed by atoms with Crippen LogP contribution in [0.4, 0.5) is 5.69 Å². The molecule has 0 aliphatic carbocycles. The number of fused-ring (bicyclic) bond motifs is 1. The molecular weight excluding hydrogens is 478 g/mol. The summed E-state index contributed by atoms with van der Waals surface area (Å²) in [5.74, 6) is 0.0780. The lowest BCUT2D eigenvalue weighted by molar-refractivity contribution is -0.129. The number of rotatable bonds is 7. The first-order valence-corrected chi connectivity index (χ1v) is 12.8. The second kappa shape index (κ2) is 10.9. The summed E-state index contributed by atoms with van der Waals surface area (Å²) < 4.78 is 0. The molecule has 5 rings (SSSR count). The van der Waals surface area contributed by atoms with Gasteiger partial charge in [-0.15, -0.1) is 10.2 Å². The molecule has 38 heavy (non-hydrogen) atoms. The fourth-order valence-electron chi connectivity index (χ4n) is 4.76. The number of anilines is 1. The Morgan fingerprint density at radius 1 is 1.05 bits per heavy atom. The Bertz CT molecular complexity index is 1420. The molecule has 2 heterocycles. The van der Waals surface area contributed by atoms with E-state index in [1.807, 2.05) is 86.6 Å². The Kier molecular flexibility index (Phi) is 7.28. The molecule has 0 unspecified atom stereocenters. The molecule has 0 fully saturated rings. The van der Waals surface area contributed by atoms with Crippen molar-refractivity contribution >= 4 is 17.5 Å². The summed E-state index contributed by atoms with van der Waals surface area (Å²) in [4.78, 5) is 28.2. The Morgan fingerprint density at radius 2 is 1.76 bits per heavy atom. The number of aromatic amines is 1. The molecule has 9 nitrogen and oxygen atoms in total. The second-order valence-electron chi connectivity index (χ2n) is 9.90. The minimum absolute atomic E-state index is 0.0205. The van der Waals surface area contributed by atoms with E-state index in [0.717, 1.165) is 33.5 Å². The summed E-state index contributed by atoms with van der Waals surface area (Å²) in [7, 11) is 0. The maximum absolute atomic E-state index is 13.8. The van der Waals surface area contributed by atoms with Crippen molar-refractivity contribution in [2.45, 2.75) is 45.3 Å². The van der Waals surface area contributed by atoms with Crippen molar-refractivity contribution in [1.82, 2.24) is 25.9 Å². The van der Waals surface area contributed by atoms with Crippen LogP contribution in [0.15, 0.2) is 72.8 Å². The lowest BCUT2D eigenvalue weighted by Gasteiger charge is -2.27. The van der Waals surface area contributed by atoms with Gasteiger partial charge in [0, 0.05) is 11.3 Å². The Morgan fingerprint density at radius 3 is 2.47 bits per heavy atom. The largest absolute Gasteiger partial charge is 0.343 e. The van der Waals surface area contributed by atoms with Gasteiger partial charge in [-0.1, -0.05) is 80.6 Å². The molecule has 0 bridgehead atoms. The van der Waals surface area contributed by atoms with Crippen molar-refractivity contribution in [1.29, 1.82) is 0 Å². The van der Waals surface area contributed by atoms with Gasteiger partial charge in [0.2, 0.25) is 17.6 Å². The van der Waals surface area contributed by atoms with Gasteiger partial charge in [-0.3, -0.25) is 9.59 Å². The summed E-state index contributed by atoms with van der Waals surface area (Å²) in [6, 6.07) is 22.6. The lowest BCUT2D eigenvalue weighted by Crippen LogP contribution is -2.53. The van der Waals surface area contributed by atoms with Crippen molar-refractivity contribution < 1.29 is 9.59 Å². The fourth-order valence-corrected chi connectivity index (χ4v) is 4.76. The lowest BCUT2D eigenvalue weighted by atomic mass is 9.98. The normalized spacial score (nSPS) is 16.2. The molecule has 194 valence electrons. The van der Waals surface area contributed by atoms with Crippen molar-refractivity contribution in [3.8, 4) is 22.5 Å². The van der Waals surface area contributed by atoms with Crippen LogP contribution in [0.25, 0.3) is 22.5 Å². The summed E-state index contributed by atoms with van der Waals surface area (Å²) in [5, 5.41) is 17.4.